The van der Waals surface area contributed by atoms with E-state index in [0.717, 1.165) is 13.0 Å². The summed E-state index contributed by atoms with van der Waals surface area (Å²) in [5, 5.41) is 7.67. The van der Waals surface area contributed by atoms with Crippen molar-refractivity contribution in [1.29, 1.82) is 0 Å². The SMILES string of the molecule is CN1[C@@H]2CN(C(=O)c3ccnnc3)[C@@H]3CCCC[C@H]1[C@]3(C)C2. The van der Waals surface area contributed by atoms with Crippen LogP contribution >= 0.6 is 0 Å². The quantitative estimate of drug-likeness (QED) is 0.795. The number of hydrogen-bond donors (Lipinski definition) is 0. The van der Waals surface area contributed by atoms with Crippen molar-refractivity contribution < 1.29 is 4.79 Å². The van der Waals surface area contributed by atoms with Crippen LogP contribution in [0.5, 0.6) is 0 Å². The lowest BCUT2D eigenvalue weighted by Gasteiger charge is -2.46. The fourth-order valence-corrected chi connectivity index (χ4v) is 5.27. The van der Waals surface area contributed by atoms with Crippen LogP contribution in [0.15, 0.2) is 18.5 Å². The number of fused-ring (bicyclic) bond motifs is 1. The predicted octanol–water partition coefficient (Wildman–Crippen LogP) is 1.95. The van der Waals surface area contributed by atoms with Crippen molar-refractivity contribution in [3.05, 3.63) is 24.0 Å². The number of likely N-dealkylation sites (tertiary alicyclic amines) is 2. The van der Waals surface area contributed by atoms with Gasteiger partial charge < -0.3 is 4.90 Å². The van der Waals surface area contributed by atoms with Crippen LogP contribution in [0.3, 0.4) is 0 Å². The molecule has 5 nitrogen and oxygen atoms in total. The molecule has 0 N–H and O–H groups in total. The first-order valence-corrected chi connectivity index (χ1v) is 8.41. The Morgan fingerprint density at radius 3 is 2.77 bits per heavy atom. The summed E-state index contributed by atoms with van der Waals surface area (Å²) in [7, 11) is 2.25. The molecular weight excluding hydrogens is 276 g/mol. The zero-order valence-corrected chi connectivity index (χ0v) is 13.4. The highest BCUT2D eigenvalue weighted by Crippen LogP contribution is 2.52. The van der Waals surface area contributed by atoms with Gasteiger partial charge in [0.1, 0.15) is 0 Å². The molecule has 0 spiro atoms. The predicted molar refractivity (Wildman–Crippen MR) is 83.4 cm³/mol. The van der Waals surface area contributed by atoms with Crippen molar-refractivity contribution in [3.63, 3.8) is 0 Å². The molecule has 3 aliphatic rings. The van der Waals surface area contributed by atoms with E-state index in [1.807, 2.05) is 0 Å². The number of nitrogens with zero attached hydrogens (tertiary/aromatic N) is 4. The molecule has 118 valence electrons. The van der Waals surface area contributed by atoms with E-state index in [9.17, 15) is 4.79 Å². The van der Waals surface area contributed by atoms with Crippen LogP contribution in [0.25, 0.3) is 0 Å². The summed E-state index contributed by atoms with van der Waals surface area (Å²) in [6.45, 7) is 3.27. The van der Waals surface area contributed by atoms with Crippen molar-refractivity contribution >= 4 is 5.91 Å². The lowest BCUT2D eigenvalue weighted by atomic mass is 9.71. The van der Waals surface area contributed by atoms with Crippen LogP contribution in [0.4, 0.5) is 0 Å². The minimum atomic E-state index is 0.131. The van der Waals surface area contributed by atoms with Gasteiger partial charge in [-0.15, -0.1) is 0 Å². The number of aromatic nitrogens is 2. The van der Waals surface area contributed by atoms with Gasteiger partial charge in [0, 0.05) is 30.1 Å². The summed E-state index contributed by atoms with van der Waals surface area (Å²) in [4.78, 5) is 17.7. The van der Waals surface area contributed by atoms with Crippen LogP contribution in [-0.2, 0) is 0 Å². The molecule has 2 bridgehead atoms. The number of rotatable bonds is 1. The standard InChI is InChI=1S/C17H24N4O/c1-17-9-13-11-21(16(22)12-7-8-18-19-10-12)15(17)6-4-3-5-14(17)20(13)2/h7-8,10,13-15H,3-6,9,11H2,1-2H3/t13-,14-,15+,17-/m0/s1. The molecule has 0 unspecified atom stereocenters. The third kappa shape index (κ3) is 1.91. The van der Waals surface area contributed by atoms with E-state index in [1.54, 1.807) is 18.5 Å². The van der Waals surface area contributed by atoms with Crippen LogP contribution in [0, 0.1) is 5.41 Å². The van der Waals surface area contributed by atoms with Gasteiger partial charge in [0.2, 0.25) is 0 Å². The number of hydrogen-bond acceptors (Lipinski definition) is 4. The van der Waals surface area contributed by atoms with E-state index < -0.39 is 0 Å². The Bertz CT molecular complexity index is 577. The Morgan fingerprint density at radius 2 is 2.05 bits per heavy atom. The molecule has 1 amide bonds. The molecule has 2 saturated heterocycles. The Morgan fingerprint density at radius 1 is 1.27 bits per heavy atom. The Kier molecular flexibility index (Phi) is 3.22. The second-order valence-corrected chi connectivity index (χ2v) is 7.43. The first kappa shape index (κ1) is 14.1. The second-order valence-electron chi connectivity index (χ2n) is 7.43. The van der Waals surface area contributed by atoms with E-state index in [4.69, 9.17) is 0 Å². The molecule has 5 heteroatoms. The summed E-state index contributed by atoms with van der Waals surface area (Å²) in [6, 6.07) is 3.27. The highest BCUT2D eigenvalue weighted by molar-refractivity contribution is 5.94. The fourth-order valence-electron chi connectivity index (χ4n) is 5.27. The third-order valence-corrected chi connectivity index (χ3v) is 6.35. The summed E-state index contributed by atoms with van der Waals surface area (Å²) in [6.07, 6.45) is 9.36. The Balaban J connectivity index is 1.71. The highest BCUT2D eigenvalue weighted by Gasteiger charge is 2.58. The van der Waals surface area contributed by atoms with E-state index >= 15 is 0 Å². The Hall–Kier alpha value is -1.49. The van der Waals surface area contributed by atoms with Crippen molar-refractivity contribution in [2.24, 2.45) is 5.41 Å². The van der Waals surface area contributed by atoms with Crippen molar-refractivity contribution in [2.45, 2.75) is 57.2 Å². The van der Waals surface area contributed by atoms with E-state index in [2.05, 4.69) is 34.0 Å². The van der Waals surface area contributed by atoms with Gasteiger partial charge in [0.05, 0.1) is 18.0 Å². The normalized spacial score (nSPS) is 37.9. The summed E-state index contributed by atoms with van der Waals surface area (Å²) < 4.78 is 0. The molecule has 1 aliphatic carbocycles. The molecule has 1 aromatic rings. The average Bonchev–Trinajstić information content (AvgIpc) is 2.67. The average molecular weight is 300 g/mol. The molecular formula is C17H24N4O. The number of amides is 1. The lowest BCUT2D eigenvalue weighted by molar-refractivity contribution is 0.0283. The number of carbonyl (C=O) groups excluding carboxylic acids is 1. The molecule has 4 rings (SSSR count). The van der Waals surface area contributed by atoms with E-state index in [0.29, 0.717) is 23.7 Å². The zero-order chi connectivity index (χ0) is 15.3. The van der Waals surface area contributed by atoms with Crippen LogP contribution in [0.1, 0.15) is 49.4 Å². The molecule has 1 aromatic heterocycles. The van der Waals surface area contributed by atoms with Crippen LogP contribution < -0.4 is 0 Å². The van der Waals surface area contributed by atoms with Gasteiger partial charge in [-0.1, -0.05) is 19.8 Å². The minimum Gasteiger partial charge on any atom is -0.333 e. The minimum absolute atomic E-state index is 0.131. The van der Waals surface area contributed by atoms with Gasteiger partial charge in [0.25, 0.3) is 5.91 Å². The fraction of sp³-hybridized carbons (Fsp3) is 0.706. The summed E-state index contributed by atoms with van der Waals surface area (Å²) in [5.41, 5.74) is 0.910. The lowest BCUT2D eigenvalue weighted by Crippen LogP contribution is -2.55. The maximum atomic E-state index is 13.0. The largest absolute Gasteiger partial charge is 0.333 e. The first-order valence-electron chi connectivity index (χ1n) is 8.41. The zero-order valence-electron chi connectivity index (χ0n) is 13.4. The third-order valence-electron chi connectivity index (χ3n) is 6.35. The van der Waals surface area contributed by atoms with Crippen molar-refractivity contribution in [3.8, 4) is 0 Å². The monoisotopic (exact) mass is 300 g/mol. The maximum absolute atomic E-state index is 13.0. The maximum Gasteiger partial charge on any atom is 0.255 e. The van der Waals surface area contributed by atoms with Crippen molar-refractivity contribution in [2.75, 3.05) is 13.6 Å². The van der Waals surface area contributed by atoms with Gasteiger partial charge in [-0.25, -0.2) is 0 Å². The molecule has 4 atom stereocenters. The molecule has 0 aromatic carbocycles. The molecule has 3 fully saturated rings. The van der Waals surface area contributed by atoms with Gasteiger partial charge in [-0.2, -0.15) is 10.2 Å². The first-order chi connectivity index (χ1) is 10.6. The molecule has 2 aliphatic heterocycles. The van der Waals surface area contributed by atoms with Gasteiger partial charge in [-0.05, 0) is 32.4 Å². The van der Waals surface area contributed by atoms with Gasteiger partial charge in [0.15, 0.2) is 0 Å². The summed E-state index contributed by atoms with van der Waals surface area (Å²) in [5.74, 6) is 0.131. The second kappa shape index (κ2) is 5.01. The van der Waals surface area contributed by atoms with Crippen molar-refractivity contribution in [1.82, 2.24) is 20.0 Å². The highest BCUT2D eigenvalue weighted by atomic mass is 16.2. The van der Waals surface area contributed by atoms with E-state index in [1.165, 1.54) is 25.7 Å². The molecule has 0 radical (unpaired) electrons. The number of piperidine rings is 1. The molecule has 22 heavy (non-hydrogen) atoms. The van der Waals surface area contributed by atoms with E-state index in [-0.39, 0.29) is 11.3 Å². The molecule has 1 saturated carbocycles. The van der Waals surface area contributed by atoms with Crippen LogP contribution in [-0.4, -0.2) is 57.6 Å². The van der Waals surface area contributed by atoms with Gasteiger partial charge in [-0.3, -0.25) is 9.69 Å². The molecule has 3 heterocycles. The number of likely N-dealkylation sites (N-methyl/N-ethyl adjacent to an activating group) is 1. The van der Waals surface area contributed by atoms with Gasteiger partial charge >= 0.3 is 0 Å². The summed E-state index contributed by atoms with van der Waals surface area (Å²) >= 11 is 0. The van der Waals surface area contributed by atoms with Crippen LogP contribution in [0.2, 0.25) is 0 Å². The Labute approximate surface area is 131 Å². The number of carbonyl (C=O) groups is 1. The topological polar surface area (TPSA) is 49.3 Å². The smallest absolute Gasteiger partial charge is 0.255 e.